The van der Waals surface area contributed by atoms with Crippen molar-refractivity contribution >= 4 is 17.6 Å². The van der Waals surface area contributed by atoms with E-state index in [9.17, 15) is 17.6 Å². The molecule has 11 nitrogen and oxygen atoms in total. The van der Waals surface area contributed by atoms with E-state index in [1.54, 1.807) is 41.9 Å². The second-order valence-corrected chi connectivity index (χ2v) is 9.16. The number of aromatic amines is 1. The number of hydrogen-bond acceptors (Lipinski definition) is 8. The van der Waals surface area contributed by atoms with Crippen molar-refractivity contribution < 1.29 is 27.5 Å². The Hall–Kier alpha value is -5.99. The van der Waals surface area contributed by atoms with E-state index in [2.05, 4.69) is 40.5 Å². The molecular weight excluding hydrogens is 582 g/mol. The van der Waals surface area contributed by atoms with E-state index >= 15 is 0 Å². The summed E-state index contributed by atoms with van der Waals surface area (Å²) in [5, 5.41) is 21.6. The zero-order chi connectivity index (χ0) is 31.3. The number of halogens is 4. The van der Waals surface area contributed by atoms with Gasteiger partial charge in [-0.25, -0.2) is 28.8 Å². The van der Waals surface area contributed by atoms with Gasteiger partial charge in [0, 0.05) is 46.7 Å². The van der Waals surface area contributed by atoms with Gasteiger partial charge in [0.25, 0.3) is 0 Å². The Morgan fingerprint density at radius 3 is 2.32 bits per heavy atom. The second-order valence-electron chi connectivity index (χ2n) is 9.16. The van der Waals surface area contributed by atoms with Crippen molar-refractivity contribution in [1.82, 2.24) is 39.9 Å². The Kier molecular flexibility index (Phi) is 8.37. The Bertz CT molecular complexity index is 1870. The standard InChI is InChI=1S/C27H20FN9.C2HF3O2/c1-17-2-3-18(13-30-17)26-31-16-37(36-26)24-6-4-23(5-7-24)34-27-29-9-8-25(35-27)20-10-19(11-22(28)12-20)21-14-32-33-15-21;3-2(4,5)1(6)7/h2-16H,1H3,(H,32,33)(H,29,34,35);(H,6,7). The Labute approximate surface area is 246 Å². The molecule has 0 aliphatic rings. The molecule has 0 fully saturated rings. The van der Waals surface area contributed by atoms with Gasteiger partial charge in [-0.2, -0.15) is 18.3 Å². The van der Waals surface area contributed by atoms with Gasteiger partial charge in [-0.3, -0.25) is 10.1 Å². The number of carboxylic acid groups (broad SMARTS) is 1. The number of carboxylic acids is 1. The van der Waals surface area contributed by atoms with Crippen molar-refractivity contribution in [2.24, 2.45) is 0 Å². The fraction of sp³-hybridized carbons (Fsp3) is 0.0690. The Morgan fingerprint density at radius 1 is 0.909 bits per heavy atom. The minimum atomic E-state index is -5.08. The first-order valence-corrected chi connectivity index (χ1v) is 12.7. The molecule has 0 radical (unpaired) electrons. The number of hydrogen-bond donors (Lipinski definition) is 3. The number of aryl methyl sites for hydroxylation is 1. The minimum absolute atomic E-state index is 0.354. The van der Waals surface area contributed by atoms with Crippen molar-refractivity contribution in [1.29, 1.82) is 0 Å². The quantitative estimate of drug-likeness (QED) is 0.195. The maximum Gasteiger partial charge on any atom is 0.490 e. The summed E-state index contributed by atoms with van der Waals surface area (Å²) in [6, 6.07) is 18.0. The predicted molar refractivity (Wildman–Crippen MR) is 151 cm³/mol. The first kappa shape index (κ1) is 29.5. The number of benzene rings is 2. The number of aliphatic carboxylic acids is 1. The van der Waals surface area contributed by atoms with Gasteiger partial charge in [-0.1, -0.05) is 0 Å². The fourth-order valence-corrected chi connectivity index (χ4v) is 3.84. The molecular formula is C29H21F4N9O2. The van der Waals surface area contributed by atoms with Gasteiger partial charge in [0.2, 0.25) is 5.95 Å². The van der Waals surface area contributed by atoms with Crippen LogP contribution >= 0.6 is 0 Å². The van der Waals surface area contributed by atoms with Crippen LogP contribution in [0.3, 0.4) is 0 Å². The Morgan fingerprint density at radius 2 is 1.66 bits per heavy atom. The Balaban J connectivity index is 0.000000493. The molecule has 3 N–H and O–H groups in total. The number of pyridine rings is 1. The smallest absolute Gasteiger partial charge is 0.475 e. The molecule has 0 atom stereocenters. The van der Waals surface area contributed by atoms with Crippen LogP contribution in [0.4, 0.5) is 29.2 Å². The molecule has 0 aliphatic carbocycles. The highest BCUT2D eigenvalue weighted by atomic mass is 19.4. The van der Waals surface area contributed by atoms with Crippen molar-refractivity contribution in [2.75, 3.05) is 5.32 Å². The summed E-state index contributed by atoms with van der Waals surface area (Å²) in [7, 11) is 0. The first-order chi connectivity index (χ1) is 21.0. The maximum atomic E-state index is 14.3. The van der Waals surface area contributed by atoms with Crippen LogP contribution < -0.4 is 5.32 Å². The van der Waals surface area contributed by atoms with Crippen LogP contribution in [0, 0.1) is 12.7 Å². The lowest BCUT2D eigenvalue weighted by Crippen LogP contribution is -2.21. The van der Waals surface area contributed by atoms with Crippen molar-refractivity contribution in [3.05, 3.63) is 103 Å². The summed E-state index contributed by atoms with van der Waals surface area (Å²) in [6.45, 7) is 1.94. The predicted octanol–water partition coefficient (Wildman–Crippen LogP) is 6.00. The normalized spacial score (nSPS) is 11.0. The van der Waals surface area contributed by atoms with E-state index in [1.807, 2.05) is 49.4 Å². The average molecular weight is 604 g/mol. The molecule has 6 aromatic rings. The summed E-state index contributed by atoms with van der Waals surface area (Å²) in [5.41, 5.74) is 6.19. The molecule has 15 heteroatoms. The number of anilines is 2. The van der Waals surface area contributed by atoms with Crippen LogP contribution in [-0.4, -0.2) is 57.2 Å². The van der Waals surface area contributed by atoms with Gasteiger partial charge in [0.1, 0.15) is 12.1 Å². The summed E-state index contributed by atoms with van der Waals surface area (Å²) in [4.78, 5) is 26.5. The molecule has 222 valence electrons. The average Bonchev–Trinajstić information content (AvgIpc) is 3.71. The van der Waals surface area contributed by atoms with E-state index in [1.165, 1.54) is 12.1 Å². The minimum Gasteiger partial charge on any atom is -0.475 e. The third-order valence-corrected chi connectivity index (χ3v) is 5.97. The van der Waals surface area contributed by atoms with Gasteiger partial charge in [0.05, 0.1) is 17.6 Å². The highest BCUT2D eigenvalue weighted by Gasteiger charge is 2.38. The largest absolute Gasteiger partial charge is 0.490 e. The molecule has 44 heavy (non-hydrogen) atoms. The van der Waals surface area contributed by atoms with Crippen LogP contribution in [0.2, 0.25) is 0 Å². The van der Waals surface area contributed by atoms with E-state index in [4.69, 9.17) is 9.90 Å². The maximum absolute atomic E-state index is 14.3. The zero-order valence-electron chi connectivity index (χ0n) is 22.7. The molecule has 0 saturated heterocycles. The van der Waals surface area contributed by atoms with Crippen LogP contribution in [0.25, 0.3) is 39.5 Å². The molecule has 0 bridgehead atoms. The zero-order valence-corrected chi connectivity index (χ0v) is 22.7. The number of rotatable bonds is 6. The molecule has 2 aromatic carbocycles. The summed E-state index contributed by atoms with van der Waals surface area (Å²) < 4.78 is 47.8. The monoisotopic (exact) mass is 603 g/mol. The molecule has 4 aromatic heterocycles. The van der Waals surface area contributed by atoms with Crippen LogP contribution in [0.15, 0.2) is 91.8 Å². The number of H-pyrrole nitrogens is 1. The lowest BCUT2D eigenvalue weighted by atomic mass is 10.0. The molecule has 0 amide bonds. The SMILES string of the molecule is Cc1ccc(-c2ncn(-c3ccc(Nc4nccc(-c5cc(F)cc(-c6cn[nH]c6)c5)n4)cc3)n2)cn1.O=C(O)C(F)(F)F. The second kappa shape index (κ2) is 12.5. The molecule has 0 unspecified atom stereocenters. The highest BCUT2D eigenvalue weighted by molar-refractivity contribution is 5.73. The van der Waals surface area contributed by atoms with Crippen LogP contribution in [0.1, 0.15) is 5.69 Å². The molecule has 6 rings (SSSR count). The molecule has 0 saturated carbocycles. The van der Waals surface area contributed by atoms with Gasteiger partial charge in [-0.15, -0.1) is 5.10 Å². The van der Waals surface area contributed by atoms with E-state index in [-0.39, 0.29) is 5.82 Å². The third-order valence-electron chi connectivity index (χ3n) is 5.97. The fourth-order valence-electron chi connectivity index (χ4n) is 3.84. The third kappa shape index (κ3) is 7.25. The van der Waals surface area contributed by atoms with Crippen LogP contribution in [-0.2, 0) is 4.79 Å². The number of nitrogens with one attached hydrogen (secondary N) is 2. The topological polar surface area (TPSA) is 147 Å². The lowest BCUT2D eigenvalue weighted by molar-refractivity contribution is -0.192. The number of aromatic nitrogens is 8. The van der Waals surface area contributed by atoms with Gasteiger partial charge < -0.3 is 10.4 Å². The molecule has 0 aliphatic heterocycles. The first-order valence-electron chi connectivity index (χ1n) is 12.7. The summed E-state index contributed by atoms with van der Waals surface area (Å²) in [6.07, 6.45) is 3.35. The van der Waals surface area contributed by atoms with E-state index in [0.717, 1.165) is 28.2 Å². The van der Waals surface area contributed by atoms with Crippen molar-refractivity contribution in [2.45, 2.75) is 13.1 Å². The number of carbonyl (C=O) groups is 1. The van der Waals surface area contributed by atoms with E-state index < -0.39 is 12.1 Å². The van der Waals surface area contributed by atoms with Gasteiger partial charge >= 0.3 is 12.1 Å². The van der Waals surface area contributed by atoms with Gasteiger partial charge in [0.15, 0.2) is 5.82 Å². The van der Waals surface area contributed by atoms with Crippen molar-refractivity contribution in [3.63, 3.8) is 0 Å². The molecule has 4 heterocycles. The number of alkyl halides is 3. The van der Waals surface area contributed by atoms with Crippen molar-refractivity contribution in [3.8, 4) is 39.5 Å². The summed E-state index contributed by atoms with van der Waals surface area (Å²) in [5.74, 6) is -2.11. The lowest BCUT2D eigenvalue weighted by Gasteiger charge is -2.09. The van der Waals surface area contributed by atoms with Gasteiger partial charge in [-0.05, 0) is 73.2 Å². The molecule has 0 spiro atoms. The highest BCUT2D eigenvalue weighted by Crippen LogP contribution is 2.27. The number of nitrogens with zero attached hydrogens (tertiary/aromatic N) is 7. The van der Waals surface area contributed by atoms with Crippen LogP contribution in [0.5, 0.6) is 0 Å². The summed E-state index contributed by atoms with van der Waals surface area (Å²) >= 11 is 0. The van der Waals surface area contributed by atoms with E-state index in [0.29, 0.717) is 28.6 Å².